The van der Waals surface area contributed by atoms with Crippen molar-refractivity contribution >= 4 is 12.4 Å². The third-order valence-corrected chi connectivity index (χ3v) is 2.03. The van der Waals surface area contributed by atoms with E-state index in [2.05, 4.69) is 10.3 Å². The highest BCUT2D eigenvalue weighted by atomic mass is 35.5. The van der Waals surface area contributed by atoms with Gasteiger partial charge in [-0.05, 0) is 24.6 Å². The van der Waals surface area contributed by atoms with E-state index in [0.717, 1.165) is 18.5 Å². The molecule has 0 radical (unpaired) electrons. The SMILES string of the molecule is Cl.O=c1[nH]ccc2c1CNCC2. The van der Waals surface area contributed by atoms with Crippen molar-refractivity contribution in [2.24, 2.45) is 0 Å². The van der Waals surface area contributed by atoms with E-state index in [9.17, 15) is 4.79 Å². The smallest absolute Gasteiger partial charge is 0.252 e. The monoisotopic (exact) mass is 186 g/mol. The van der Waals surface area contributed by atoms with E-state index < -0.39 is 0 Å². The zero-order chi connectivity index (χ0) is 7.68. The highest BCUT2D eigenvalue weighted by Gasteiger charge is 2.09. The molecule has 0 amide bonds. The Balaban J connectivity index is 0.000000720. The van der Waals surface area contributed by atoms with Crippen LogP contribution in [-0.2, 0) is 13.0 Å². The maximum absolute atomic E-state index is 11.2. The molecule has 2 rings (SSSR count). The minimum absolute atomic E-state index is 0. The molecule has 12 heavy (non-hydrogen) atoms. The molecular formula is C8H11ClN2O. The predicted molar refractivity (Wildman–Crippen MR) is 49.7 cm³/mol. The number of fused-ring (bicyclic) bond motifs is 1. The first-order valence-corrected chi connectivity index (χ1v) is 3.78. The molecule has 0 aliphatic carbocycles. The summed E-state index contributed by atoms with van der Waals surface area (Å²) < 4.78 is 0. The molecule has 0 bridgehead atoms. The van der Waals surface area contributed by atoms with Crippen molar-refractivity contribution in [3.05, 3.63) is 33.7 Å². The first-order chi connectivity index (χ1) is 5.38. The van der Waals surface area contributed by atoms with Gasteiger partial charge in [-0.3, -0.25) is 4.79 Å². The van der Waals surface area contributed by atoms with Gasteiger partial charge in [0.1, 0.15) is 0 Å². The summed E-state index contributed by atoms with van der Waals surface area (Å²) in [6.07, 6.45) is 2.69. The van der Waals surface area contributed by atoms with E-state index in [0.29, 0.717) is 6.54 Å². The lowest BCUT2D eigenvalue weighted by Gasteiger charge is -2.14. The van der Waals surface area contributed by atoms with Gasteiger partial charge in [-0.15, -0.1) is 12.4 Å². The van der Waals surface area contributed by atoms with E-state index >= 15 is 0 Å². The van der Waals surface area contributed by atoms with Crippen LogP contribution in [0.1, 0.15) is 11.1 Å². The van der Waals surface area contributed by atoms with Gasteiger partial charge in [0.15, 0.2) is 0 Å². The molecule has 0 fully saturated rings. The Hall–Kier alpha value is -0.800. The van der Waals surface area contributed by atoms with Crippen LogP contribution in [0.2, 0.25) is 0 Å². The van der Waals surface area contributed by atoms with Crippen LogP contribution in [0, 0.1) is 0 Å². The van der Waals surface area contributed by atoms with Gasteiger partial charge in [0.25, 0.3) is 5.56 Å². The first kappa shape index (κ1) is 9.29. The molecule has 2 N–H and O–H groups in total. The van der Waals surface area contributed by atoms with Crippen molar-refractivity contribution in [2.45, 2.75) is 13.0 Å². The van der Waals surface area contributed by atoms with Crippen LogP contribution in [0.4, 0.5) is 0 Å². The summed E-state index contributed by atoms with van der Waals surface area (Å²) in [6.45, 7) is 1.70. The molecule has 2 heterocycles. The topological polar surface area (TPSA) is 44.9 Å². The van der Waals surface area contributed by atoms with E-state index in [-0.39, 0.29) is 18.0 Å². The maximum Gasteiger partial charge on any atom is 0.252 e. The molecule has 66 valence electrons. The lowest BCUT2D eigenvalue weighted by atomic mass is 10.0. The van der Waals surface area contributed by atoms with Crippen molar-refractivity contribution in [1.29, 1.82) is 0 Å². The number of pyridine rings is 1. The number of H-pyrrole nitrogens is 1. The van der Waals surface area contributed by atoms with Gasteiger partial charge in [-0.2, -0.15) is 0 Å². The van der Waals surface area contributed by atoms with Crippen molar-refractivity contribution in [2.75, 3.05) is 6.54 Å². The van der Waals surface area contributed by atoms with E-state index in [1.807, 2.05) is 6.07 Å². The highest BCUT2D eigenvalue weighted by molar-refractivity contribution is 5.85. The van der Waals surface area contributed by atoms with Gasteiger partial charge in [0.05, 0.1) is 0 Å². The zero-order valence-corrected chi connectivity index (χ0v) is 7.41. The van der Waals surface area contributed by atoms with Crippen molar-refractivity contribution < 1.29 is 0 Å². The number of hydrogen-bond donors (Lipinski definition) is 2. The largest absolute Gasteiger partial charge is 0.329 e. The third-order valence-electron chi connectivity index (χ3n) is 2.03. The van der Waals surface area contributed by atoms with Gasteiger partial charge >= 0.3 is 0 Å². The second kappa shape index (κ2) is 3.74. The minimum atomic E-state index is 0. The summed E-state index contributed by atoms with van der Waals surface area (Å²) >= 11 is 0. The normalized spacial score (nSPS) is 14.7. The van der Waals surface area contributed by atoms with Crippen LogP contribution in [0.5, 0.6) is 0 Å². The van der Waals surface area contributed by atoms with Crippen LogP contribution in [0.3, 0.4) is 0 Å². The van der Waals surface area contributed by atoms with Crippen LogP contribution in [-0.4, -0.2) is 11.5 Å². The van der Waals surface area contributed by atoms with Crippen LogP contribution in [0.15, 0.2) is 17.1 Å². The molecule has 1 aromatic heterocycles. The summed E-state index contributed by atoms with van der Waals surface area (Å²) in [4.78, 5) is 13.8. The number of rotatable bonds is 0. The van der Waals surface area contributed by atoms with Gasteiger partial charge in [-0.1, -0.05) is 0 Å². The minimum Gasteiger partial charge on any atom is -0.329 e. The third kappa shape index (κ3) is 1.52. The average molecular weight is 187 g/mol. The molecular weight excluding hydrogens is 176 g/mol. The Labute approximate surface area is 76.6 Å². The Morgan fingerprint density at radius 1 is 1.42 bits per heavy atom. The maximum atomic E-state index is 11.2. The van der Waals surface area contributed by atoms with Gasteiger partial charge in [0.2, 0.25) is 0 Å². The Morgan fingerprint density at radius 3 is 3.00 bits per heavy atom. The molecule has 0 aromatic carbocycles. The standard InChI is InChI=1S/C8H10N2O.ClH/c11-8-7-5-9-3-1-6(7)2-4-10-8;/h2,4,9H,1,3,5H2,(H,10,11);1H. The zero-order valence-electron chi connectivity index (χ0n) is 6.59. The summed E-state index contributed by atoms with van der Waals surface area (Å²) in [5.74, 6) is 0. The van der Waals surface area contributed by atoms with E-state index in [4.69, 9.17) is 0 Å². The molecule has 0 saturated heterocycles. The fraction of sp³-hybridized carbons (Fsp3) is 0.375. The fourth-order valence-corrected chi connectivity index (χ4v) is 1.42. The fourth-order valence-electron chi connectivity index (χ4n) is 1.42. The molecule has 0 atom stereocenters. The number of nitrogens with one attached hydrogen (secondary N) is 2. The van der Waals surface area contributed by atoms with Gasteiger partial charge in [-0.25, -0.2) is 0 Å². The summed E-state index contributed by atoms with van der Waals surface area (Å²) in [5.41, 5.74) is 2.14. The number of halogens is 1. The second-order valence-electron chi connectivity index (χ2n) is 2.74. The Kier molecular flexibility index (Phi) is 2.89. The molecule has 1 aliphatic rings. The van der Waals surface area contributed by atoms with Crippen LogP contribution < -0.4 is 10.9 Å². The van der Waals surface area contributed by atoms with Crippen molar-refractivity contribution in [1.82, 2.24) is 10.3 Å². The predicted octanol–water partition coefficient (Wildman–Crippen LogP) is 0.442. The Morgan fingerprint density at radius 2 is 2.25 bits per heavy atom. The first-order valence-electron chi connectivity index (χ1n) is 3.78. The summed E-state index contributed by atoms with van der Waals surface area (Å²) in [5, 5.41) is 3.16. The molecule has 4 heteroatoms. The summed E-state index contributed by atoms with van der Waals surface area (Å²) in [6, 6.07) is 1.98. The van der Waals surface area contributed by atoms with E-state index in [1.54, 1.807) is 6.20 Å². The highest BCUT2D eigenvalue weighted by Crippen LogP contribution is 2.06. The second-order valence-corrected chi connectivity index (χ2v) is 2.74. The molecule has 0 unspecified atom stereocenters. The lowest BCUT2D eigenvalue weighted by molar-refractivity contribution is 0.636. The molecule has 3 nitrogen and oxygen atoms in total. The lowest BCUT2D eigenvalue weighted by Crippen LogP contribution is -2.29. The number of aromatic amines is 1. The van der Waals surface area contributed by atoms with Gasteiger partial charge in [0, 0.05) is 18.3 Å². The summed E-state index contributed by atoms with van der Waals surface area (Å²) in [7, 11) is 0. The van der Waals surface area contributed by atoms with E-state index in [1.165, 1.54) is 5.56 Å². The van der Waals surface area contributed by atoms with Crippen molar-refractivity contribution in [3.63, 3.8) is 0 Å². The quantitative estimate of drug-likeness (QED) is 0.618. The van der Waals surface area contributed by atoms with Gasteiger partial charge < -0.3 is 10.3 Å². The number of hydrogen-bond acceptors (Lipinski definition) is 2. The molecule has 0 spiro atoms. The molecule has 1 aromatic rings. The molecule has 1 aliphatic heterocycles. The number of aromatic nitrogens is 1. The average Bonchev–Trinajstić information content (AvgIpc) is 2.06. The van der Waals surface area contributed by atoms with Crippen LogP contribution >= 0.6 is 12.4 Å². The Bertz CT molecular complexity index is 321. The van der Waals surface area contributed by atoms with Crippen molar-refractivity contribution in [3.8, 4) is 0 Å². The van der Waals surface area contributed by atoms with Crippen LogP contribution in [0.25, 0.3) is 0 Å². The molecule has 0 saturated carbocycles.